The molecule has 2 atom stereocenters. The van der Waals surface area contributed by atoms with Gasteiger partial charge in [0.25, 0.3) is 11.4 Å². The van der Waals surface area contributed by atoms with Gasteiger partial charge in [0.2, 0.25) is 0 Å². The van der Waals surface area contributed by atoms with Crippen LogP contribution in [0.25, 0.3) is 0 Å². The quantitative estimate of drug-likeness (QED) is 0.614. The Hall–Kier alpha value is -2.75. The van der Waals surface area contributed by atoms with E-state index in [0.717, 1.165) is 4.57 Å². The molecule has 29 heavy (non-hydrogen) atoms. The van der Waals surface area contributed by atoms with E-state index in [2.05, 4.69) is 10.1 Å². The third-order valence-electron chi connectivity index (χ3n) is 4.63. The molecule has 2 aromatic heterocycles. The van der Waals surface area contributed by atoms with E-state index < -0.39 is 23.4 Å². The molecule has 2 unspecified atom stereocenters. The highest BCUT2D eigenvalue weighted by Crippen LogP contribution is 2.21. The fourth-order valence-corrected chi connectivity index (χ4v) is 3.04. The van der Waals surface area contributed by atoms with Crippen LogP contribution in [0.15, 0.2) is 44.4 Å². The van der Waals surface area contributed by atoms with Crippen LogP contribution in [0.1, 0.15) is 35.1 Å². The highest BCUT2D eigenvalue weighted by molar-refractivity contribution is 6.30. The van der Waals surface area contributed by atoms with Crippen LogP contribution in [0.3, 0.4) is 0 Å². The van der Waals surface area contributed by atoms with Gasteiger partial charge in [-0.1, -0.05) is 28.9 Å². The minimum absolute atomic E-state index is 0.0143. The molecule has 1 aromatic carbocycles. The average Bonchev–Trinajstić information content (AvgIpc) is 3.14. The van der Waals surface area contributed by atoms with Crippen molar-refractivity contribution in [1.29, 1.82) is 0 Å². The van der Waals surface area contributed by atoms with Crippen LogP contribution in [0.4, 0.5) is 0 Å². The number of hydrogen-bond donors (Lipinski definition) is 1. The van der Waals surface area contributed by atoms with Crippen molar-refractivity contribution >= 4 is 11.6 Å². The molecular weight excluding hydrogens is 400 g/mol. The van der Waals surface area contributed by atoms with E-state index in [-0.39, 0.29) is 24.7 Å². The first-order chi connectivity index (χ1) is 13.8. The van der Waals surface area contributed by atoms with Crippen molar-refractivity contribution in [3.8, 4) is 0 Å². The highest BCUT2D eigenvalue weighted by Gasteiger charge is 2.26. The molecule has 0 saturated heterocycles. The van der Waals surface area contributed by atoms with Gasteiger partial charge in [-0.2, -0.15) is 4.98 Å². The van der Waals surface area contributed by atoms with E-state index in [9.17, 15) is 14.7 Å². The largest absolute Gasteiger partial charge is 0.388 e. The van der Waals surface area contributed by atoms with Crippen LogP contribution in [-0.4, -0.2) is 38.1 Å². The predicted octanol–water partition coefficient (Wildman–Crippen LogP) is 1.40. The molecule has 0 spiro atoms. The Balaban J connectivity index is 1.90. The van der Waals surface area contributed by atoms with E-state index in [0.29, 0.717) is 16.3 Å². The molecule has 0 aliphatic carbocycles. The molecule has 3 rings (SSSR count). The second-order valence-corrected chi connectivity index (χ2v) is 7.06. The van der Waals surface area contributed by atoms with Gasteiger partial charge in [0.1, 0.15) is 6.04 Å². The van der Waals surface area contributed by atoms with Crippen molar-refractivity contribution in [2.24, 2.45) is 7.05 Å². The molecule has 0 aliphatic rings. The van der Waals surface area contributed by atoms with Gasteiger partial charge >= 0.3 is 5.69 Å². The zero-order valence-corrected chi connectivity index (χ0v) is 17.0. The summed E-state index contributed by atoms with van der Waals surface area (Å²) in [6.07, 6.45) is -0.778. The highest BCUT2D eigenvalue weighted by atomic mass is 35.5. The third-order valence-corrected chi connectivity index (χ3v) is 4.88. The second kappa shape index (κ2) is 8.73. The maximum atomic E-state index is 12.6. The van der Waals surface area contributed by atoms with Crippen molar-refractivity contribution in [2.75, 3.05) is 13.7 Å². The summed E-state index contributed by atoms with van der Waals surface area (Å²) in [5.41, 5.74) is 0.175. The third kappa shape index (κ3) is 4.47. The predicted molar refractivity (Wildman–Crippen MR) is 105 cm³/mol. The smallest absolute Gasteiger partial charge is 0.331 e. The monoisotopic (exact) mass is 420 g/mol. The Labute approximate surface area is 171 Å². The van der Waals surface area contributed by atoms with Crippen molar-refractivity contribution < 1.29 is 14.4 Å². The number of hydrogen-bond acceptors (Lipinski definition) is 7. The molecule has 9 nitrogen and oxygen atoms in total. The number of aliphatic hydroxyl groups is 1. The van der Waals surface area contributed by atoms with Gasteiger partial charge in [-0.25, -0.2) is 9.36 Å². The number of benzene rings is 1. The van der Waals surface area contributed by atoms with Gasteiger partial charge in [0, 0.05) is 37.4 Å². The summed E-state index contributed by atoms with van der Waals surface area (Å²) in [5.74, 6) is 0.286. The van der Waals surface area contributed by atoms with Crippen LogP contribution >= 0.6 is 11.6 Å². The Morgan fingerprint density at radius 3 is 2.62 bits per heavy atom. The van der Waals surface area contributed by atoms with Crippen LogP contribution in [0.5, 0.6) is 0 Å². The maximum absolute atomic E-state index is 12.6. The minimum atomic E-state index is -0.888. The van der Waals surface area contributed by atoms with Crippen molar-refractivity contribution in [2.45, 2.75) is 25.5 Å². The number of rotatable bonds is 7. The average molecular weight is 421 g/mol. The number of nitrogens with zero attached hydrogens (tertiary/aromatic N) is 4. The lowest BCUT2D eigenvalue weighted by molar-refractivity contribution is 0.148. The van der Waals surface area contributed by atoms with Gasteiger partial charge in [0.15, 0.2) is 5.82 Å². The summed E-state index contributed by atoms with van der Waals surface area (Å²) in [6.45, 7) is 1.65. The molecule has 0 fully saturated rings. The number of aliphatic hydroxyl groups excluding tert-OH is 1. The molecule has 0 amide bonds. The molecule has 2 heterocycles. The van der Waals surface area contributed by atoms with Crippen LogP contribution in [0, 0.1) is 6.92 Å². The minimum Gasteiger partial charge on any atom is -0.388 e. The summed E-state index contributed by atoms with van der Waals surface area (Å²) >= 11 is 5.86. The fourth-order valence-electron chi connectivity index (χ4n) is 2.91. The van der Waals surface area contributed by atoms with E-state index in [4.69, 9.17) is 20.9 Å². The van der Waals surface area contributed by atoms with E-state index in [1.165, 1.54) is 17.7 Å². The van der Waals surface area contributed by atoms with E-state index in [1.807, 2.05) is 0 Å². The first-order valence-corrected chi connectivity index (χ1v) is 9.23. The van der Waals surface area contributed by atoms with Gasteiger partial charge in [-0.15, -0.1) is 0 Å². The van der Waals surface area contributed by atoms with Crippen molar-refractivity contribution in [3.05, 3.63) is 79.2 Å². The lowest BCUT2D eigenvalue weighted by atomic mass is 10.1. The normalized spacial score (nSPS) is 13.4. The second-order valence-electron chi connectivity index (χ2n) is 6.63. The standard InChI is InChI=1S/C19H21ClN4O5/c1-11-8-17(26)24(19(27)23(11)2)14(10-28-3)18-21-16(22-29-18)9-15(25)12-4-6-13(20)7-5-12/h4-8,14-15,25H,9-10H2,1-3H3. The molecule has 10 heteroatoms. The van der Waals surface area contributed by atoms with Crippen LogP contribution < -0.4 is 11.2 Å². The summed E-state index contributed by atoms with van der Waals surface area (Å²) in [4.78, 5) is 29.4. The summed E-state index contributed by atoms with van der Waals surface area (Å²) in [7, 11) is 3.01. The van der Waals surface area contributed by atoms with Crippen LogP contribution in [-0.2, 0) is 18.2 Å². The number of aromatic nitrogens is 4. The summed E-state index contributed by atoms with van der Waals surface area (Å²) in [6, 6.07) is 7.23. The molecule has 0 saturated carbocycles. The summed E-state index contributed by atoms with van der Waals surface area (Å²) < 4.78 is 12.8. The first-order valence-electron chi connectivity index (χ1n) is 8.86. The van der Waals surface area contributed by atoms with Gasteiger partial charge in [-0.05, 0) is 24.6 Å². The number of ether oxygens (including phenoxy) is 1. The molecule has 1 N–H and O–H groups in total. The lowest BCUT2D eigenvalue weighted by Crippen LogP contribution is -2.43. The van der Waals surface area contributed by atoms with Crippen molar-refractivity contribution in [1.82, 2.24) is 19.3 Å². The Morgan fingerprint density at radius 1 is 1.28 bits per heavy atom. The van der Waals surface area contributed by atoms with E-state index in [1.54, 1.807) is 38.2 Å². The first kappa shape index (κ1) is 21.0. The topological polar surface area (TPSA) is 112 Å². The van der Waals surface area contributed by atoms with Gasteiger partial charge < -0.3 is 18.9 Å². The SMILES string of the molecule is COCC(c1nc(CC(O)c2ccc(Cl)cc2)no1)n1c(=O)cc(C)n(C)c1=O. The molecular formula is C19H21ClN4O5. The van der Waals surface area contributed by atoms with Gasteiger partial charge in [0.05, 0.1) is 12.7 Å². The Kier molecular flexibility index (Phi) is 6.31. The van der Waals surface area contributed by atoms with Gasteiger partial charge in [-0.3, -0.25) is 4.79 Å². The number of halogens is 1. The molecule has 0 radical (unpaired) electrons. The zero-order valence-electron chi connectivity index (χ0n) is 16.2. The molecule has 154 valence electrons. The Bertz CT molecular complexity index is 1100. The van der Waals surface area contributed by atoms with Crippen molar-refractivity contribution in [3.63, 3.8) is 0 Å². The molecule has 0 bridgehead atoms. The molecule has 3 aromatic rings. The summed E-state index contributed by atoms with van der Waals surface area (Å²) in [5, 5.41) is 14.8. The number of aryl methyl sites for hydroxylation is 1. The number of methoxy groups -OCH3 is 1. The maximum Gasteiger partial charge on any atom is 0.331 e. The zero-order chi connectivity index (χ0) is 21.1. The molecule has 0 aliphatic heterocycles. The van der Waals surface area contributed by atoms with E-state index >= 15 is 0 Å². The fraction of sp³-hybridized carbons (Fsp3) is 0.368. The Morgan fingerprint density at radius 2 is 1.97 bits per heavy atom. The lowest BCUT2D eigenvalue weighted by Gasteiger charge is -2.16. The van der Waals surface area contributed by atoms with Crippen LogP contribution in [0.2, 0.25) is 5.02 Å².